The number of carbonyl (C=O) groups is 3. The van der Waals surface area contributed by atoms with Crippen LogP contribution in [0.1, 0.15) is 13.8 Å². The second kappa shape index (κ2) is 7.20. The van der Waals surface area contributed by atoms with E-state index in [1.165, 1.54) is 14.2 Å². The van der Waals surface area contributed by atoms with Gasteiger partial charge in [-0.1, -0.05) is 0 Å². The van der Waals surface area contributed by atoms with Gasteiger partial charge in [0.15, 0.2) is 0 Å². The van der Waals surface area contributed by atoms with E-state index in [2.05, 4.69) is 9.47 Å². The van der Waals surface area contributed by atoms with Gasteiger partial charge in [-0.3, -0.25) is 14.4 Å². The van der Waals surface area contributed by atoms with Crippen molar-refractivity contribution in [1.29, 1.82) is 0 Å². The molecule has 0 fully saturated rings. The van der Waals surface area contributed by atoms with Gasteiger partial charge in [0.05, 0.1) is 19.6 Å². The lowest BCUT2D eigenvalue weighted by atomic mass is 9.94. The highest BCUT2D eigenvalue weighted by Gasteiger charge is 2.33. The first kappa shape index (κ1) is 16.7. The van der Waals surface area contributed by atoms with Crippen LogP contribution in [-0.4, -0.2) is 55.9 Å². The Hall–Kier alpha value is -1.30. The minimum atomic E-state index is -0.871. The van der Waals surface area contributed by atoms with Crippen LogP contribution < -0.4 is 0 Å². The molecule has 0 heterocycles. The molecule has 0 atom stereocenters. The monoisotopic (exact) mass is 279 g/mol. The number of ether oxygens (including phenoxy) is 2. The van der Waals surface area contributed by atoms with Crippen LogP contribution in [0.3, 0.4) is 0 Å². The molecular weight excluding hydrogens is 262 g/mol. The molecule has 0 aliphatic carbocycles. The fourth-order valence-electron chi connectivity index (χ4n) is 1.13. The van der Waals surface area contributed by atoms with Crippen LogP contribution in [0.5, 0.6) is 0 Å². The first-order valence-corrected chi connectivity index (χ1v) is 5.81. The topological polar surface area (TPSA) is 72.9 Å². The number of hydrogen-bond donors (Lipinski definition) is 0. The van der Waals surface area contributed by atoms with Crippen LogP contribution in [0.2, 0.25) is 0 Å². The molecule has 0 aromatic heterocycles. The first-order valence-electron chi connectivity index (χ1n) is 5.27. The van der Waals surface area contributed by atoms with E-state index in [1.54, 1.807) is 13.8 Å². The van der Waals surface area contributed by atoms with Crippen LogP contribution in [0.25, 0.3) is 0 Å². The van der Waals surface area contributed by atoms with Crippen molar-refractivity contribution in [2.45, 2.75) is 13.8 Å². The average Bonchev–Trinajstić information content (AvgIpc) is 2.36. The number of hydrogen-bond acceptors (Lipinski definition) is 5. The summed E-state index contributed by atoms with van der Waals surface area (Å²) in [6.07, 6.45) is 0. The molecule has 104 valence electrons. The highest BCUT2D eigenvalue weighted by molar-refractivity contribution is 6.19. The zero-order valence-corrected chi connectivity index (χ0v) is 11.7. The Balaban J connectivity index is 4.91. The summed E-state index contributed by atoms with van der Waals surface area (Å²) in [4.78, 5) is 35.6. The molecule has 0 N–H and O–H groups in total. The Bertz CT molecular complexity index is 311. The van der Waals surface area contributed by atoms with Crippen LogP contribution >= 0.6 is 11.6 Å². The summed E-state index contributed by atoms with van der Waals surface area (Å²) in [6, 6.07) is 0. The lowest BCUT2D eigenvalue weighted by Crippen LogP contribution is -2.47. The maximum absolute atomic E-state index is 12.1. The highest BCUT2D eigenvalue weighted by Crippen LogP contribution is 2.20. The molecule has 0 rings (SSSR count). The molecule has 7 heteroatoms. The number of methoxy groups -OCH3 is 2. The van der Waals surface area contributed by atoms with Crippen LogP contribution in [0.4, 0.5) is 0 Å². The van der Waals surface area contributed by atoms with Crippen molar-refractivity contribution >= 4 is 29.4 Å². The number of nitrogens with zero attached hydrogens (tertiary/aromatic N) is 1. The van der Waals surface area contributed by atoms with Gasteiger partial charge in [-0.15, -0.1) is 11.6 Å². The van der Waals surface area contributed by atoms with E-state index in [1.807, 2.05) is 0 Å². The Morgan fingerprint density at radius 2 is 1.44 bits per heavy atom. The smallest absolute Gasteiger partial charge is 0.325 e. The van der Waals surface area contributed by atoms with E-state index in [0.717, 1.165) is 4.90 Å². The van der Waals surface area contributed by atoms with Gasteiger partial charge in [-0.25, -0.2) is 0 Å². The summed E-state index contributed by atoms with van der Waals surface area (Å²) in [5.41, 5.74) is -0.871. The minimum absolute atomic E-state index is 0.0741. The normalized spacial score (nSPS) is 10.7. The molecule has 6 nitrogen and oxygen atoms in total. The van der Waals surface area contributed by atoms with Crippen molar-refractivity contribution in [3.63, 3.8) is 0 Å². The zero-order chi connectivity index (χ0) is 14.3. The van der Waals surface area contributed by atoms with Gasteiger partial charge in [0.2, 0.25) is 5.91 Å². The van der Waals surface area contributed by atoms with Crippen LogP contribution in [-0.2, 0) is 23.9 Å². The largest absolute Gasteiger partial charge is 0.468 e. The van der Waals surface area contributed by atoms with Crippen molar-refractivity contribution in [3.05, 3.63) is 0 Å². The minimum Gasteiger partial charge on any atom is -0.468 e. The SMILES string of the molecule is COC(=O)CN(CC(=O)OC)C(=O)C(C)(C)CCl. The van der Waals surface area contributed by atoms with Gasteiger partial charge in [0.1, 0.15) is 13.1 Å². The Labute approximate surface area is 111 Å². The average molecular weight is 280 g/mol. The number of halogens is 1. The molecule has 0 aliphatic heterocycles. The third-order valence-electron chi connectivity index (χ3n) is 2.30. The molecule has 0 saturated carbocycles. The van der Waals surface area contributed by atoms with E-state index < -0.39 is 23.3 Å². The Morgan fingerprint density at radius 3 is 1.72 bits per heavy atom. The fraction of sp³-hybridized carbons (Fsp3) is 0.727. The summed E-state index contributed by atoms with van der Waals surface area (Å²) in [7, 11) is 2.41. The van der Waals surface area contributed by atoms with E-state index in [9.17, 15) is 14.4 Å². The standard InChI is InChI=1S/C11H18ClNO5/c1-11(2,7-12)10(16)13(5-8(14)17-3)6-9(15)18-4/h5-7H2,1-4H3. The van der Waals surface area contributed by atoms with Gasteiger partial charge in [0, 0.05) is 5.88 Å². The van der Waals surface area contributed by atoms with Crippen molar-refractivity contribution < 1.29 is 23.9 Å². The number of carbonyl (C=O) groups excluding carboxylic acids is 3. The van der Waals surface area contributed by atoms with Gasteiger partial charge in [-0.05, 0) is 13.8 Å². The number of amides is 1. The van der Waals surface area contributed by atoms with E-state index >= 15 is 0 Å². The molecule has 0 saturated heterocycles. The maximum atomic E-state index is 12.1. The molecule has 0 radical (unpaired) electrons. The quantitative estimate of drug-likeness (QED) is 0.521. The highest BCUT2D eigenvalue weighted by atomic mass is 35.5. The summed E-state index contributed by atoms with van der Waals surface area (Å²) < 4.78 is 8.95. The zero-order valence-electron chi connectivity index (χ0n) is 11.0. The summed E-state index contributed by atoms with van der Waals surface area (Å²) in [5.74, 6) is -1.56. The first-order chi connectivity index (χ1) is 8.28. The summed E-state index contributed by atoms with van der Waals surface area (Å²) >= 11 is 5.69. The molecule has 0 aromatic rings. The van der Waals surface area contributed by atoms with Gasteiger partial charge in [-0.2, -0.15) is 0 Å². The summed E-state index contributed by atoms with van der Waals surface area (Å²) in [5, 5.41) is 0. The second-order valence-corrected chi connectivity index (χ2v) is 4.60. The van der Waals surface area contributed by atoms with E-state index in [-0.39, 0.29) is 19.0 Å². The Morgan fingerprint density at radius 1 is 1.06 bits per heavy atom. The number of rotatable bonds is 6. The molecule has 0 aliphatic rings. The number of esters is 2. The van der Waals surface area contributed by atoms with Crippen LogP contribution in [0.15, 0.2) is 0 Å². The molecule has 1 amide bonds. The molecule has 0 spiro atoms. The molecule has 0 bridgehead atoms. The molecule has 0 unspecified atom stereocenters. The van der Waals surface area contributed by atoms with Gasteiger partial charge in [0.25, 0.3) is 0 Å². The van der Waals surface area contributed by atoms with Crippen molar-refractivity contribution in [1.82, 2.24) is 4.90 Å². The molecular formula is C11H18ClNO5. The van der Waals surface area contributed by atoms with Gasteiger partial charge >= 0.3 is 11.9 Å². The van der Waals surface area contributed by atoms with Crippen LogP contribution in [0, 0.1) is 5.41 Å². The fourth-order valence-corrected chi connectivity index (χ4v) is 1.24. The molecule has 18 heavy (non-hydrogen) atoms. The summed E-state index contributed by atoms with van der Waals surface area (Å²) in [6.45, 7) is 2.63. The van der Waals surface area contributed by atoms with Crippen molar-refractivity contribution in [3.8, 4) is 0 Å². The number of alkyl halides is 1. The van der Waals surface area contributed by atoms with E-state index in [0.29, 0.717) is 0 Å². The predicted octanol–water partition coefficient (Wildman–Crippen LogP) is 0.426. The molecule has 0 aromatic carbocycles. The van der Waals surface area contributed by atoms with E-state index in [4.69, 9.17) is 11.6 Å². The Kier molecular flexibility index (Phi) is 6.68. The third kappa shape index (κ3) is 4.91. The predicted molar refractivity (Wildman–Crippen MR) is 65.1 cm³/mol. The lowest BCUT2D eigenvalue weighted by Gasteiger charge is -2.28. The third-order valence-corrected chi connectivity index (χ3v) is 2.96. The van der Waals surface area contributed by atoms with Gasteiger partial charge < -0.3 is 14.4 Å². The van der Waals surface area contributed by atoms with Crippen molar-refractivity contribution in [2.24, 2.45) is 5.41 Å². The lowest BCUT2D eigenvalue weighted by molar-refractivity contribution is -0.155. The maximum Gasteiger partial charge on any atom is 0.325 e. The van der Waals surface area contributed by atoms with Crippen molar-refractivity contribution in [2.75, 3.05) is 33.2 Å². The second-order valence-electron chi connectivity index (χ2n) is 4.33.